The number of nitrogens with two attached hydrogens (primary N) is 1. The number of hydrogen-bond donors (Lipinski definition) is 2. The number of carbonyl (C=O) groups is 2. The summed E-state index contributed by atoms with van der Waals surface area (Å²) in [5.41, 5.74) is 6.59. The number of nitrogens with one attached hydrogen (secondary N) is 1. The summed E-state index contributed by atoms with van der Waals surface area (Å²) in [7, 11) is 0. The maximum atomic E-state index is 12.9. The minimum atomic E-state index is -0.396. The first-order valence-electron chi connectivity index (χ1n) is 11.4. The molecular formula is C24H30N6O3S. The second kappa shape index (κ2) is 11.3. The predicted molar refractivity (Wildman–Crippen MR) is 129 cm³/mol. The molecule has 1 aliphatic heterocycles. The molecule has 180 valence electrons. The van der Waals surface area contributed by atoms with Crippen LogP contribution < -0.4 is 11.1 Å². The van der Waals surface area contributed by atoms with Gasteiger partial charge in [0.25, 0.3) is 0 Å². The molecule has 34 heavy (non-hydrogen) atoms. The van der Waals surface area contributed by atoms with E-state index in [0.717, 1.165) is 31.8 Å². The van der Waals surface area contributed by atoms with Crippen LogP contribution in [0.15, 0.2) is 58.3 Å². The Morgan fingerprint density at radius 2 is 2.03 bits per heavy atom. The summed E-state index contributed by atoms with van der Waals surface area (Å²) in [6, 6.07) is 14.2. The van der Waals surface area contributed by atoms with E-state index in [1.54, 1.807) is 6.26 Å². The highest BCUT2D eigenvalue weighted by Crippen LogP contribution is 2.25. The monoisotopic (exact) mass is 482 g/mol. The van der Waals surface area contributed by atoms with Crippen molar-refractivity contribution in [3.63, 3.8) is 0 Å². The van der Waals surface area contributed by atoms with Gasteiger partial charge < -0.3 is 15.5 Å². The van der Waals surface area contributed by atoms with Crippen LogP contribution in [-0.4, -0.2) is 55.9 Å². The average Bonchev–Trinajstić information content (AvgIpc) is 3.57. The van der Waals surface area contributed by atoms with Gasteiger partial charge in [-0.05, 0) is 31.0 Å². The van der Waals surface area contributed by atoms with Gasteiger partial charge in [-0.15, -0.1) is 10.2 Å². The molecule has 2 atom stereocenters. The first-order valence-corrected chi connectivity index (χ1v) is 12.3. The van der Waals surface area contributed by atoms with Crippen molar-refractivity contribution < 1.29 is 14.0 Å². The van der Waals surface area contributed by atoms with Crippen LogP contribution in [0.3, 0.4) is 0 Å². The molecular weight excluding hydrogens is 452 g/mol. The van der Waals surface area contributed by atoms with E-state index in [4.69, 9.17) is 10.2 Å². The zero-order chi connectivity index (χ0) is 23.9. The van der Waals surface area contributed by atoms with Gasteiger partial charge in [-0.3, -0.25) is 19.1 Å². The van der Waals surface area contributed by atoms with Gasteiger partial charge in [-0.2, -0.15) is 0 Å². The molecule has 4 rings (SSSR count). The quantitative estimate of drug-likeness (QED) is 0.402. The van der Waals surface area contributed by atoms with Gasteiger partial charge in [-0.1, -0.05) is 42.1 Å². The number of furan rings is 1. The Morgan fingerprint density at radius 1 is 1.21 bits per heavy atom. The predicted octanol–water partition coefficient (Wildman–Crippen LogP) is 2.21. The molecule has 0 spiro atoms. The highest BCUT2D eigenvalue weighted by molar-refractivity contribution is 8.00. The number of likely N-dealkylation sites (tertiary alicyclic amines) is 1. The molecule has 2 amide bonds. The van der Waals surface area contributed by atoms with Crippen LogP contribution in [0.25, 0.3) is 0 Å². The topological polar surface area (TPSA) is 119 Å². The molecule has 1 fully saturated rings. The third kappa shape index (κ3) is 6.48. The molecule has 0 radical (unpaired) electrons. The van der Waals surface area contributed by atoms with E-state index in [1.165, 1.54) is 17.3 Å². The van der Waals surface area contributed by atoms with Gasteiger partial charge in [-0.25, -0.2) is 0 Å². The fourth-order valence-corrected chi connectivity index (χ4v) is 4.89. The fourth-order valence-electron chi connectivity index (χ4n) is 4.01. The van der Waals surface area contributed by atoms with Crippen LogP contribution in [0.1, 0.15) is 36.9 Å². The lowest BCUT2D eigenvalue weighted by molar-refractivity contribution is -0.121. The number of thioether (sulfide) groups is 1. The Bertz CT molecular complexity index is 1090. The van der Waals surface area contributed by atoms with Crippen LogP contribution in [0.2, 0.25) is 0 Å². The summed E-state index contributed by atoms with van der Waals surface area (Å²) >= 11 is 1.35. The summed E-state index contributed by atoms with van der Waals surface area (Å²) < 4.78 is 7.36. The van der Waals surface area contributed by atoms with Gasteiger partial charge in [0.1, 0.15) is 11.6 Å². The second-order valence-electron chi connectivity index (χ2n) is 8.51. The average molecular weight is 483 g/mol. The van der Waals surface area contributed by atoms with E-state index in [-0.39, 0.29) is 23.6 Å². The van der Waals surface area contributed by atoms with Gasteiger partial charge in [0.2, 0.25) is 11.8 Å². The molecule has 1 aliphatic rings. The van der Waals surface area contributed by atoms with Crippen molar-refractivity contribution in [3.8, 4) is 0 Å². The summed E-state index contributed by atoms with van der Waals surface area (Å²) in [6.45, 7) is 4.97. The van der Waals surface area contributed by atoms with Crippen molar-refractivity contribution in [3.05, 3.63) is 65.9 Å². The molecule has 10 heteroatoms. The van der Waals surface area contributed by atoms with Crippen LogP contribution >= 0.6 is 11.8 Å². The van der Waals surface area contributed by atoms with Crippen molar-refractivity contribution in [1.29, 1.82) is 0 Å². The molecule has 1 saturated heterocycles. The number of benzene rings is 1. The fraction of sp³-hybridized carbons (Fsp3) is 0.417. The maximum Gasteiger partial charge on any atom is 0.233 e. The Hall–Kier alpha value is -3.11. The molecule has 0 saturated carbocycles. The van der Waals surface area contributed by atoms with E-state index in [9.17, 15) is 9.59 Å². The van der Waals surface area contributed by atoms with Crippen LogP contribution in [0, 0.1) is 0 Å². The van der Waals surface area contributed by atoms with Crippen molar-refractivity contribution in [1.82, 2.24) is 25.0 Å². The smallest absolute Gasteiger partial charge is 0.233 e. The zero-order valence-electron chi connectivity index (χ0n) is 19.2. The van der Waals surface area contributed by atoms with E-state index in [0.29, 0.717) is 23.9 Å². The van der Waals surface area contributed by atoms with E-state index < -0.39 is 5.91 Å². The minimum Gasteiger partial charge on any atom is -0.467 e. The zero-order valence-corrected chi connectivity index (χ0v) is 20.0. The molecule has 3 heterocycles. The molecule has 0 aliphatic carbocycles. The Balaban J connectivity index is 1.34. The van der Waals surface area contributed by atoms with E-state index >= 15 is 0 Å². The lowest BCUT2D eigenvalue weighted by Gasteiger charge is -2.18. The van der Waals surface area contributed by atoms with Crippen molar-refractivity contribution in [2.24, 2.45) is 5.73 Å². The van der Waals surface area contributed by atoms with Gasteiger partial charge in [0, 0.05) is 38.5 Å². The third-order valence-electron chi connectivity index (χ3n) is 5.80. The number of aromatic nitrogens is 3. The molecule has 1 aromatic carbocycles. The number of amides is 2. The van der Waals surface area contributed by atoms with Crippen molar-refractivity contribution in [2.75, 3.05) is 13.1 Å². The van der Waals surface area contributed by atoms with Gasteiger partial charge in [0.05, 0.1) is 18.1 Å². The number of hydrogen-bond acceptors (Lipinski definition) is 7. The summed E-state index contributed by atoms with van der Waals surface area (Å²) in [5, 5.41) is 12.0. The van der Waals surface area contributed by atoms with E-state index in [2.05, 4.69) is 32.5 Å². The number of carbonyl (C=O) groups excluding carboxylic acids is 2. The first kappa shape index (κ1) is 24.0. The van der Waals surface area contributed by atoms with Crippen LogP contribution in [0.4, 0.5) is 0 Å². The highest BCUT2D eigenvalue weighted by Gasteiger charge is 2.27. The highest BCUT2D eigenvalue weighted by atomic mass is 32.2. The first-order chi connectivity index (χ1) is 16.5. The maximum absolute atomic E-state index is 12.9. The Morgan fingerprint density at radius 3 is 2.76 bits per heavy atom. The number of primary amides is 1. The lowest BCUT2D eigenvalue weighted by Crippen LogP contribution is -2.40. The molecule has 2 unspecified atom stereocenters. The molecule has 3 aromatic rings. The Labute approximate surface area is 203 Å². The SMILES string of the molecule is CC(Sc1nnc(CCC(N)=O)n1Cc1ccco1)C(=O)NC1CCN(Cc2ccccc2)C1. The number of aryl methyl sites for hydroxylation is 1. The van der Waals surface area contributed by atoms with Crippen LogP contribution in [0.5, 0.6) is 0 Å². The summed E-state index contributed by atoms with van der Waals surface area (Å²) in [6.07, 6.45) is 3.10. The normalized spacial score (nSPS) is 17.0. The molecule has 3 N–H and O–H groups in total. The molecule has 0 bridgehead atoms. The van der Waals surface area contributed by atoms with Gasteiger partial charge in [0.15, 0.2) is 5.16 Å². The van der Waals surface area contributed by atoms with Crippen molar-refractivity contribution >= 4 is 23.6 Å². The van der Waals surface area contributed by atoms with E-state index in [1.807, 2.05) is 41.8 Å². The summed E-state index contributed by atoms with van der Waals surface area (Å²) in [5.74, 6) is 0.955. The minimum absolute atomic E-state index is 0.0252. The van der Waals surface area contributed by atoms with Crippen molar-refractivity contribution in [2.45, 2.75) is 55.7 Å². The summed E-state index contributed by atoms with van der Waals surface area (Å²) in [4.78, 5) is 26.5. The lowest BCUT2D eigenvalue weighted by atomic mass is 10.2. The number of rotatable bonds is 11. The van der Waals surface area contributed by atoms with Gasteiger partial charge >= 0.3 is 0 Å². The third-order valence-corrected chi connectivity index (χ3v) is 6.88. The number of nitrogens with zero attached hydrogens (tertiary/aromatic N) is 4. The van der Waals surface area contributed by atoms with Crippen LogP contribution in [-0.2, 0) is 29.1 Å². The Kier molecular flexibility index (Phi) is 8.02. The molecule has 2 aromatic heterocycles. The second-order valence-corrected chi connectivity index (χ2v) is 9.81. The standard InChI is InChI=1S/C24H30N6O3S/c1-17(23(32)26-19-11-12-29(15-19)14-18-6-3-2-4-7-18)34-24-28-27-22(10-9-21(25)31)30(24)16-20-8-5-13-33-20/h2-8,13,17,19H,9-12,14-16H2,1H3,(H2,25,31)(H,26,32). The largest absolute Gasteiger partial charge is 0.467 e. The molecule has 9 nitrogen and oxygen atoms in total.